The van der Waals surface area contributed by atoms with Crippen molar-refractivity contribution in [2.75, 3.05) is 0 Å². The second-order valence-electron chi connectivity index (χ2n) is 19.0. The smallest absolute Gasteiger partial charge is 0.0541 e. The van der Waals surface area contributed by atoms with Crippen LogP contribution in [-0.4, -0.2) is 9.13 Å². The predicted molar refractivity (Wildman–Crippen MR) is 308 cm³/mol. The Morgan fingerprint density at radius 1 is 0.451 bits per heavy atom. The average Bonchev–Trinajstić information content (AvgIpc) is 4.18. The minimum Gasteiger partial charge on any atom is -0.310 e. The molecule has 0 unspecified atom stereocenters. The highest BCUT2D eigenvalue weighted by atomic mass is 32.1. The van der Waals surface area contributed by atoms with Gasteiger partial charge in [-0.15, -0.1) is 22.7 Å². The molecule has 71 heavy (non-hydrogen) atoms. The highest BCUT2D eigenvalue weighted by Crippen LogP contribution is 2.42. The van der Waals surface area contributed by atoms with E-state index in [0.29, 0.717) is 0 Å². The first-order valence-electron chi connectivity index (χ1n) is 24.9. The minimum absolute atomic E-state index is 0.880. The van der Waals surface area contributed by atoms with Crippen molar-refractivity contribution in [2.24, 2.45) is 0 Å². The molecule has 0 radical (unpaired) electrons. The maximum atomic E-state index is 2.43. The van der Waals surface area contributed by atoms with Crippen molar-refractivity contribution in [3.63, 3.8) is 0 Å². The number of hydrogen-bond donors (Lipinski definition) is 0. The van der Waals surface area contributed by atoms with E-state index in [9.17, 15) is 0 Å². The second-order valence-corrected chi connectivity index (χ2v) is 21.1. The zero-order valence-corrected chi connectivity index (χ0v) is 41.0. The number of allylic oxidation sites excluding steroid dienone is 2. The molecular weight excluding hydrogens is 897 g/mol. The monoisotopic (exact) mass is 944 g/mol. The van der Waals surface area contributed by atoms with E-state index in [1.165, 1.54) is 135 Å². The van der Waals surface area contributed by atoms with Crippen molar-refractivity contribution in [2.45, 2.75) is 32.6 Å². The molecule has 4 aromatic heterocycles. The molecule has 0 N–H and O–H groups in total. The number of nitrogens with zero attached hydrogens (tertiary/aromatic N) is 2. The fourth-order valence-corrected chi connectivity index (χ4v) is 13.7. The van der Waals surface area contributed by atoms with Crippen LogP contribution >= 0.6 is 22.7 Å². The van der Waals surface area contributed by atoms with E-state index in [2.05, 4.69) is 241 Å². The molecule has 9 aromatic carbocycles. The molecular formula is C67H48N2S2. The molecule has 13 aromatic rings. The number of para-hydroxylation sites is 3. The fraction of sp³-hybridized carbons (Fsp3) is 0.0746. The molecule has 1 aliphatic rings. The van der Waals surface area contributed by atoms with Crippen LogP contribution in [0.25, 0.3) is 120 Å². The van der Waals surface area contributed by atoms with Crippen LogP contribution in [-0.2, 0) is 19.3 Å². The van der Waals surface area contributed by atoms with E-state index in [1.807, 2.05) is 22.7 Å². The van der Waals surface area contributed by atoms with Gasteiger partial charge in [0.25, 0.3) is 0 Å². The van der Waals surface area contributed by atoms with Gasteiger partial charge in [0, 0.05) is 63.0 Å². The topological polar surface area (TPSA) is 9.86 Å². The van der Waals surface area contributed by atoms with Gasteiger partial charge in [0.2, 0.25) is 0 Å². The Hall–Kier alpha value is -8.02. The van der Waals surface area contributed by atoms with E-state index >= 15 is 0 Å². The summed E-state index contributed by atoms with van der Waals surface area (Å²) in [5, 5.41) is 7.95. The van der Waals surface area contributed by atoms with E-state index < -0.39 is 0 Å². The summed E-state index contributed by atoms with van der Waals surface area (Å²) in [5.74, 6) is 0. The van der Waals surface area contributed by atoms with Crippen molar-refractivity contribution in [1.29, 1.82) is 0 Å². The van der Waals surface area contributed by atoms with Crippen LogP contribution in [0.15, 0.2) is 212 Å². The van der Waals surface area contributed by atoms with Gasteiger partial charge in [-0.05, 0) is 190 Å². The zero-order chi connectivity index (χ0) is 47.0. The summed E-state index contributed by atoms with van der Waals surface area (Å²) >= 11 is 3.79. The number of thiophene rings is 2. The Bertz CT molecular complexity index is 4290. The average molecular weight is 945 g/mol. The van der Waals surface area contributed by atoms with Crippen LogP contribution in [0.3, 0.4) is 0 Å². The molecule has 2 nitrogen and oxygen atoms in total. The Balaban J connectivity index is 0.753. The first-order valence-corrected chi connectivity index (χ1v) is 26.5. The van der Waals surface area contributed by atoms with Crippen LogP contribution in [0, 0.1) is 0 Å². The van der Waals surface area contributed by atoms with Crippen molar-refractivity contribution >= 4 is 97.8 Å². The molecule has 0 amide bonds. The van der Waals surface area contributed by atoms with Gasteiger partial charge in [0.1, 0.15) is 0 Å². The lowest BCUT2D eigenvalue weighted by Crippen LogP contribution is -1.99. The minimum atomic E-state index is 0.880. The fourth-order valence-electron chi connectivity index (χ4n) is 11.4. The van der Waals surface area contributed by atoms with Gasteiger partial charge >= 0.3 is 0 Å². The lowest BCUT2D eigenvalue weighted by molar-refractivity contribution is 0.967. The molecule has 14 rings (SSSR count). The summed E-state index contributed by atoms with van der Waals surface area (Å²) in [6, 6.07) is 74.6. The van der Waals surface area contributed by atoms with Crippen LogP contribution in [0.5, 0.6) is 0 Å². The molecule has 0 saturated carbocycles. The van der Waals surface area contributed by atoms with Crippen molar-refractivity contribution in [1.82, 2.24) is 9.13 Å². The molecule has 0 bridgehead atoms. The van der Waals surface area contributed by atoms with Crippen molar-refractivity contribution < 1.29 is 0 Å². The zero-order valence-electron chi connectivity index (χ0n) is 39.4. The van der Waals surface area contributed by atoms with Crippen LogP contribution in [0.1, 0.15) is 40.6 Å². The summed E-state index contributed by atoms with van der Waals surface area (Å²) in [6.45, 7) is 2.29. The number of hydrogen-bond acceptors (Lipinski definition) is 2. The maximum Gasteiger partial charge on any atom is 0.0541 e. The largest absolute Gasteiger partial charge is 0.310 e. The molecule has 4 heterocycles. The summed E-state index contributed by atoms with van der Waals surface area (Å²) in [7, 11) is 0. The van der Waals surface area contributed by atoms with Gasteiger partial charge in [-0.1, -0.05) is 122 Å². The quantitative estimate of drug-likeness (QED) is 0.136. The third-order valence-electron chi connectivity index (χ3n) is 14.8. The van der Waals surface area contributed by atoms with Gasteiger partial charge < -0.3 is 9.13 Å². The highest BCUT2D eigenvalue weighted by Gasteiger charge is 2.20. The van der Waals surface area contributed by atoms with Crippen LogP contribution < -0.4 is 0 Å². The van der Waals surface area contributed by atoms with Gasteiger partial charge in [0.15, 0.2) is 0 Å². The standard InChI is InChI=1S/C67H48N2S2/c1-2-52-57-40-47(29-34-65(57)70-64(52)26-13-15-43-27-32-62-55(37-43)53-22-9-11-24-60(53)68(62)50-18-5-3-6-19-50)44-16-14-17-45(38-44)48-30-35-66-58(41-48)59-42-49(31-36-67(59)71-66)46-28-33-63-56(39-46)54-23-10-12-25-61(54)69(63)51-20-7-4-8-21-51/h3-9,11-14,16-22,24-42H,2,10,15,23H2,1H3/b26-13-. The molecule has 338 valence electrons. The Kier molecular flexibility index (Phi) is 10.1. The summed E-state index contributed by atoms with van der Waals surface area (Å²) in [6.07, 6.45) is 13.4. The molecule has 0 saturated heterocycles. The SMILES string of the molecule is CCc1c(/C=C\Cc2ccc3c(c2)c2ccccc2n3-c2ccccc2)sc2ccc(-c3cccc(-c4ccc5sc6ccc(-c7ccc8c(c7)c7c(n8-c8ccccc8)C=CCC7)cc6c5c4)c3)cc12. The lowest BCUT2D eigenvalue weighted by atomic mass is 9.96. The van der Waals surface area contributed by atoms with E-state index in [4.69, 9.17) is 0 Å². The number of fused-ring (bicyclic) bond motifs is 10. The van der Waals surface area contributed by atoms with E-state index in [0.717, 1.165) is 25.7 Å². The summed E-state index contributed by atoms with van der Waals surface area (Å²) in [5.41, 5.74) is 19.2. The molecule has 0 fully saturated rings. The van der Waals surface area contributed by atoms with Crippen LogP contribution in [0.4, 0.5) is 0 Å². The third kappa shape index (κ3) is 7.12. The van der Waals surface area contributed by atoms with Gasteiger partial charge in [-0.25, -0.2) is 0 Å². The lowest BCUT2D eigenvalue weighted by Gasteiger charge is -2.11. The predicted octanol–water partition coefficient (Wildman–Crippen LogP) is 19.1. The normalized spacial score (nSPS) is 12.7. The van der Waals surface area contributed by atoms with Gasteiger partial charge in [-0.3, -0.25) is 0 Å². The Morgan fingerprint density at radius 2 is 1.01 bits per heavy atom. The third-order valence-corrected chi connectivity index (χ3v) is 17.2. The molecule has 1 aliphatic carbocycles. The van der Waals surface area contributed by atoms with Crippen LogP contribution in [0.2, 0.25) is 0 Å². The van der Waals surface area contributed by atoms with Gasteiger partial charge in [0.05, 0.1) is 16.6 Å². The van der Waals surface area contributed by atoms with Crippen molar-refractivity contribution in [3.8, 4) is 44.8 Å². The maximum absolute atomic E-state index is 2.43. The Morgan fingerprint density at radius 3 is 1.72 bits per heavy atom. The Labute approximate surface area is 421 Å². The second kappa shape index (κ2) is 17.1. The van der Waals surface area contributed by atoms with E-state index in [-0.39, 0.29) is 0 Å². The first kappa shape index (κ1) is 41.9. The molecule has 4 heteroatoms. The van der Waals surface area contributed by atoms with Gasteiger partial charge in [-0.2, -0.15) is 0 Å². The molecule has 0 aliphatic heterocycles. The number of aromatic nitrogens is 2. The summed E-state index contributed by atoms with van der Waals surface area (Å²) in [4.78, 5) is 1.36. The number of rotatable bonds is 9. The highest BCUT2D eigenvalue weighted by molar-refractivity contribution is 7.25. The van der Waals surface area contributed by atoms with Crippen molar-refractivity contribution in [3.05, 3.63) is 240 Å². The number of benzene rings is 9. The first-order chi connectivity index (χ1) is 35.1. The number of aryl methyl sites for hydroxylation is 2. The summed E-state index contributed by atoms with van der Waals surface area (Å²) < 4.78 is 8.80. The van der Waals surface area contributed by atoms with E-state index in [1.54, 1.807) is 0 Å². The molecule has 0 spiro atoms. The molecule has 0 atom stereocenters.